The van der Waals surface area contributed by atoms with Crippen LogP contribution in [0.5, 0.6) is 17.4 Å². The fraction of sp³-hybridized carbons (Fsp3) is 0.500. The molecule has 4 aliphatic rings. The van der Waals surface area contributed by atoms with Gasteiger partial charge in [-0.3, -0.25) is 19.8 Å². The second kappa shape index (κ2) is 19.2. The fourth-order valence-electron chi connectivity index (χ4n) is 11.1. The molecule has 1 spiro atoms. The molecule has 1 unspecified atom stereocenters. The van der Waals surface area contributed by atoms with E-state index in [2.05, 4.69) is 68.2 Å². The summed E-state index contributed by atoms with van der Waals surface area (Å²) in [6.07, 6.45) is 10.0. The molecular weight excluding hydrogens is 939 g/mol. The van der Waals surface area contributed by atoms with Crippen molar-refractivity contribution in [1.29, 1.82) is 0 Å². The Labute approximate surface area is 407 Å². The molecule has 0 radical (unpaired) electrons. The number of nitrogens with zero attached hydrogens (tertiary/aromatic N) is 5. The lowest BCUT2D eigenvalue weighted by Crippen LogP contribution is -2.57. The number of nitro groups is 1. The van der Waals surface area contributed by atoms with Crippen LogP contribution in [-0.4, -0.2) is 108 Å². The molecule has 2 aliphatic heterocycles. The molecule has 374 valence electrons. The molecule has 4 fully saturated rings. The highest BCUT2D eigenvalue weighted by molar-refractivity contribution is 7.90. The van der Waals surface area contributed by atoms with Gasteiger partial charge in [0, 0.05) is 80.7 Å². The number of piperidine rings is 1. The van der Waals surface area contributed by atoms with Crippen LogP contribution in [0.4, 0.5) is 21.6 Å². The summed E-state index contributed by atoms with van der Waals surface area (Å²) in [5.74, 6) is -1.44. The molecule has 0 bridgehead atoms. The minimum absolute atomic E-state index is 0.0222. The number of H-pyrrole nitrogens is 1. The smallest absolute Gasteiger partial charge is 0.312 e. The SMILES string of the molecule is COc1nc2[nH]cc(F)c2cc1Oc1cc(N2CCC3(CC2)CC(N2CCP(C)(=O)C[C@H]2c2ccccc2C(C)C)C3)ccc1C(=O)NS(=O)(=O)c1cnc(NCC2CCC(C)(O)CC2)c([N+](=O)[O-])c1. The van der Waals surface area contributed by atoms with Crippen LogP contribution in [0, 0.1) is 27.3 Å². The maximum atomic E-state index is 14.8. The van der Waals surface area contributed by atoms with E-state index in [1.165, 1.54) is 30.4 Å². The van der Waals surface area contributed by atoms with Crippen LogP contribution in [0.3, 0.4) is 0 Å². The number of aliphatic hydroxyl groups is 1. The van der Waals surface area contributed by atoms with E-state index in [9.17, 15) is 37.4 Å². The van der Waals surface area contributed by atoms with Crippen molar-refractivity contribution in [3.63, 3.8) is 0 Å². The van der Waals surface area contributed by atoms with Crippen LogP contribution in [0.15, 0.2) is 71.9 Å². The zero-order chi connectivity index (χ0) is 49.8. The predicted octanol–water partition coefficient (Wildman–Crippen LogP) is 9.20. The average Bonchev–Trinajstić information content (AvgIpc) is 3.68. The van der Waals surface area contributed by atoms with E-state index in [1.54, 1.807) is 19.1 Å². The van der Waals surface area contributed by atoms with E-state index >= 15 is 0 Å². The molecule has 3 aromatic heterocycles. The Kier molecular flexibility index (Phi) is 13.5. The van der Waals surface area contributed by atoms with E-state index in [-0.39, 0.29) is 57.2 Å². The molecule has 2 atom stereocenters. The predicted molar refractivity (Wildman–Crippen MR) is 266 cm³/mol. The summed E-state index contributed by atoms with van der Waals surface area (Å²) < 4.78 is 69.9. The largest absolute Gasteiger partial charge is 0.478 e. The lowest BCUT2D eigenvalue weighted by molar-refractivity contribution is -0.384. The first-order valence-electron chi connectivity index (χ1n) is 24.1. The fourth-order valence-corrected chi connectivity index (χ4v) is 14.0. The summed E-state index contributed by atoms with van der Waals surface area (Å²) in [5.41, 5.74) is 2.13. The van der Waals surface area contributed by atoms with Crippen molar-refractivity contribution >= 4 is 51.3 Å². The summed E-state index contributed by atoms with van der Waals surface area (Å²) in [6, 6.07) is 16.1. The van der Waals surface area contributed by atoms with Gasteiger partial charge in [0.1, 0.15) is 22.1 Å². The van der Waals surface area contributed by atoms with Crippen molar-refractivity contribution in [3.8, 4) is 17.4 Å². The molecule has 1 amide bonds. The third kappa shape index (κ3) is 10.3. The van der Waals surface area contributed by atoms with Crippen molar-refractivity contribution in [2.45, 2.75) is 101 Å². The van der Waals surface area contributed by atoms with E-state index in [1.807, 2.05) is 11.4 Å². The van der Waals surface area contributed by atoms with Gasteiger partial charge in [-0.15, -0.1) is 0 Å². The topological polar surface area (TPSA) is 222 Å². The second-order valence-electron chi connectivity index (χ2n) is 20.7. The van der Waals surface area contributed by atoms with E-state index < -0.39 is 50.0 Å². The summed E-state index contributed by atoms with van der Waals surface area (Å²) in [6.45, 7) is 10.7. The summed E-state index contributed by atoms with van der Waals surface area (Å²) >= 11 is 0. The molecule has 4 N–H and O–H groups in total. The quantitative estimate of drug-likeness (QED) is 0.0463. The van der Waals surface area contributed by atoms with Gasteiger partial charge in [0.05, 0.1) is 41.9 Å². The van der Waals surface area contributed by atoms with Crippen LogP contribution in [0.2, 0.25) is 0 Å². The number of methoxy groups -OCH3 is 1. The minimum atomic E-state index is -4.74. The van der Waals surface area contributed by atoms with Crippen LogP contribution in [-0.2, 0) is 14.6 Å². The molecule has 9 rings (SSSR count). The van der Waals surface area contributed by atoms with Gasteiger partial charge in [-0.1, -0.05) is 38.1 Å². The summed E-state index contributed by atoms with van der Waals surface area (Å²) in [4.78, 5) is 40.9. The Balaban J connectivity index is 0.933. The van der Waals surface area contributed by atoms with Crippen molar-refractivity contribution in [3.05, 3.63) is 99.6 Å². The van der Waals surface area contributed by atoms with Crippen LogP contribution in [0.25, 0.3) is 11.0 Å². The van der Waals surface area contributed by atoms with Gasteiger partial charge >= 0.3 is 5.69 Å². The number of ether oxygens (including phenoxy) is 2. The van der Waals surface area contributed by atoms with Gasteiger partial charge in [-0.05, 0) is 105 Å². The van der Waals surface area contributed by atoms with Gasteiger partial charge in [0.15, 0.2) is 5.75 Å². The molecule has 5 aromatic rings. The van der Waals surface area contributed by atoms with Crippen LogP contribution >= 0.6 is 7.14 Å². The number of halogens is 1. The zero-order valence-corrected chi connectivity index (χ0v) is 42.0. The first kappa shape index (κ1) is 49.4. The Bertz CT molecular complexity index is 2960. The number of rotatable bonds is 14. The monoisotopic (exact) mass is 1000 g/mol. The number of fused-ring (bicyclic) bond motifs is 1. The zero-order valence-electron chi connectivity index (χ0n) is 40.2. The molecule has 2 saturated carbocycles. The third-order valence-corrected chi connectivity index (χ3v) is 18.8. The van der Waals surface area contributed by atoms with E-state index in [4.69, 9.17) is 9.47 Å². The molecular formula is C50H62FN8O9PS. The van der Waals surface area contributed by atoms with Crippen LogP contribution in [0.1, 0.15) is 106 Å². The Hall–Kier alpha value is -5.62. The van der Waals surface area contributed by atoms with Crippen molar-refractivity contribution in [2.24, 2.45) is 11.3 Å². The summed E-state index contributed by atoms with van der Waals surface area (Å²) in [7, 11) is -5.65. The summed E-state index contributed by atoms with van der Waals surface area (Å²) in [5, 5.41) is 25.6. The average molecular weight is 1000 g/mol. The molecule has 2 aliphatic carbocycles. The van der Waals surface area contributed by atoms with Gasteiger partial charge in [0.25, 0.3) is 21.8 Å². The Morgan fingerprint density at radius 2 is 1.80 bits per heavy atom. The number of amides is 1. The molecule has 2 aromatic carbocycles. The number of aromatic nitrogens is 3. The number of hydrogen-bond donors (Lipinski definition) is 4. The van der Waals surface area contributed by atoms with Crippen molar-refractivity contribution in [1.82, 2.24) is 24.6 Å². The Morgan fingerprint density at radius 1 is 1.07 bits per heavy atom. The number of aromatic amines is 1. The number of nitrogens with one attached hydrogen (secondary N) is 3. The van der Waals surface area contributed by atoms with Crippen molar-refractivity contribution < 1.29 is 41.7 Å². The van der Waals surface area contributed by atoms with Gasteiger partial charge < -0.3 is 34.3 Å². The first-order valence-corrected chi connectivity index (χ1v) is 28.1. The second-order valence-corrected chi connectivity index (χ2v) is 25.7. The van der Waals surface area contributed by atoms with E-state index in [0.29, 0.717) is 69.1 Å². The number of anilines is 2. The normalized spacial score (nSPS) is 24.1. The number of carbonyl (C=O) groups excluding carboxylic acids is 1. The number of hydrogen-bond acceptors (Lipinski definition) is 14. The third-order valence-electron chi connectivity index (χ3n) is 15.3. The van der Waals surface area contributed by atoms with E-state index in [0.717, 1.165) is 56.9 Å². The Morgan fingerprint density at radius 3 is 2.50 bits per heavy atom. The standard InChI is InChI=1S/C50H62FN8O9PS/c1-31(2)36-8-6-7-9-37(36)42-30-69(5,64)21-20-58(42)34-25-50(26-34)16-18-57(19-17-50)33-10-11-38(43(22-33)68-44-24-39-40(51)29-54-45(39)55-48(44)67-4)47(60)56-70(65,66)35-23-41(59(62)63)46(53-28-35)52-27-32-12-14-49(3,61)15-13-32/h6-11,22-24,28-29,31-32,34,42,61H,12-21,25-27,30H2,1-5H3,(H,52,53)(H,54,55)(H,56,60)/t32?,42-,49?,69?/m0/s1. The highest BCUT2D eigenvalue weighted by Crippen LogP contribution is 2.57. The number of benzene rings is 2. The first-order chi connectivity index (χ1) is 33.2. The van der Waals surface area contributed by atoms with Gasteiger partial charge in [0.2, 0.25) is 5.82 Å². The van der Waals surface area contributed by atoms with Gasteiger partial charge in [-0.25, -0.2) is 22.5 Å². The number of sulfonamides is 1. The lowest BCUT2D eigenvalue weighted by Gasteiger charge is -2.58. The molecule has 70 heavy (non-hydrogen) atoms. The molecule has 2 saturated heterocycles. The maximum Gasteiger partial charge on any atom is 0.312 e. The maximum absolute atomic E-state index is 14.8. The number of pyridine rings is 2. The lowest BCUT2D eigenvalue weighted by atomic mass is 9.59. The van der Waals surface area contributed by atoms with Crippen LogP contribution < -0.4 is 24.4 Å². The molecule has 5 heterocycles. The highest BCUT2D eigenvalue weighted by atomic mass is 32.2. The molecule has 20 heteroatoms. The minimum Gasteiger partial charge on any atom is -0.478 e. The van der Waals surface area contributed by atoms with Crippen molar-refractivity contribution in [2.75, 3.05) is 62.5 Å². The molecule has 17 nitrogen and oxygen atoms in total. The van der Waals surface area contributed by atoms with Gasteiger partial charge in [-0.2, -0.15) is 4.98 Å². The highest BCUT2D eigenvalue weighted by Gasteiger charge is 2.51. The number of carbonyl (C=O) groups is 1.